The summed E-state index contributed by atoms with van der Waals surface area (Å²) >= 11 is 1.62. The quantitative estimate of drug-likeness (QED) is 0.853. The lowest BCUT2D eigenvalue weighted by molar-refractivity contribution is 0.146. The SMILES string of the molecule is COCCN(Cc1ccsc1)C(=O)NCc1cc(C)on1. The molecular formula is C14H19N3O3S. The van der Waals surface area contributed by atoms with E-state index in [1.54, 1.807) is 29.4 Å². The molecule has 0 saturated heterocycles. The molecule has 0 aromatic carbocycles. The van der Waals surface area contributed by atoms with Gasteiger partial charge < -0.3 is 19.5 Å². The Bertz CT molecular complexity index is 554. The number of nitrogens with one attached hydrogen (secondary N) is 1. The molecule has 7 heteroatoms. The zero-order chi connectivity index (χ0) is 15.1. The molecule has 0 saturated carbocycles. The predicted molar refractivity (Wildman–Crippen MR) is 80.1 cm³/mol. The van der Waals surface area contributed by atoms with Gasteiger partial charge >= 0.3 is 6.03 Å². The van der Waals surface area contributed by atoms with Crippen molar-refractivity contribution >= 4 is 17.4 Å². The van der Waals surface area contributed by atoms with Gasteiger partial charge in [0.2, 0.25) is 0 Å². The highest BCUT2D eigenvalue weighted by Crippen LogP contribution is 2.10. The first kappa shape index (κ1) is 15.5. The molecule has 1 N–H and O–H groups in total. The summed E-state index contributed by atoms with van der Waals surface area (Å²) in [6.45, 7) is 3.77. The molecule has 6 nitrogen and oxygen atoms in total. The first-order chi connectivity index (χ1) is 10.2. The van der Waals surface area contributed by atoms with Gasteiger partial charge in [-0.15, -0.1) is 0 Å². The molecule has 0 bridgehead atoms. The van der Waals surface area contributed by atoms with Gasteiger partial charge in [-0.25, -0.2) is 4.79 Å². The second-order valence-corrected chi connectivity index (χ2v) is 5.41. The fourth-order valence-electron chi connectivity index (χ4n) is 1.84. The van der Waals surface area contributed by atoms with E-state index in [2.05, 4.69) is 10.5 Å². The van der Waals surface area contributed by atoms with Crippen LogP contribution in [0.3, 0.4) is 0 Å². The van der Waals surface area contributed by atoms with E-state index >= 15 is 0 Å². The number of nitrogens with zero attached hydrogens (tertiary/aromatic N) is 2. The summed E-state index contributed by atoms with van der Waals surface area (Å²) in [5, 5.41) is 10.7. The third-order valence-electron chi connectivity index (χ3n) is 2.90. The first-order valence-corrected chi connectivity index (χ1v) is 7.58. The smallest absolute Gasteiger partial charge is 0.318 e. The molecule has 2 aromatic rings. The van der Waals surface area contributed by atoms with Crippen LogP contribution in [0.5, 0.6) is 0 Å². The van der Waals surface area contributed by atoms with E-state index in [1.165, 1.54) is 0 Å². The number of carbonyl (C=O) groups is 1. The summed E-state index contributed by atoms with van der Waals surface area (Å²) in [5.41, 5.74) is 1.83. The maximum absolute atomic E-state index is 12.3. The molecule has 0 unspecified atom stereocenters. The Balaban J connectivity index is 1.90. The molecule has 21 heavy (non-hydrogen) atoms. The van der Waals surface area contributed by atoms with Gasteiger partial charge in [0.05, 0.1) is 13.2 Å². The van der Waals surface area contributed by atoms with Gasteiger partial charge in [0.15, 0.2) is 0 Å². The average molecular weight is 309 g/mol. The van der Waals surface area contributed by atoms with Crippen molar-refractivity contribution in [2.75, 3.05) is 20.3 Å². The molecular weight excluding hydrogens is 290 g/mol. The van der Waals surface area contributed by atoms with E-state index < -0.39 is 0 Å². The predicted octanol–water partition coefficient (Wildman–Crippen LogP) is 2.40. The molecule has 0 radical (unpaired) electrons. The van der Waals surface area contributed by atoms with Gasteiger partial charge in [0.25, 0.3) is 0 Å². The van der Waals surface area contributed by atoms with Crippen molar-refractivity contribution in [2.24, 2.45) is 0 Å². The molecule has 2 rings (SSSR count). The Morgan fingerprint density at radius 2 is 2.43 bits per heavy atom. The second-order valence-electron chi connectivity index (χ2n) is 4.63. The molecule has 0 spiro atoms. The lowest BCUT2D eigenvalue weighted by Crippen LogP contribution is -2.40. The minimum Gasteiger partial charge on any atom is -0.383 e. The van der Waals surface area contributed by atoms with Crippen LogP contribution < -0.4 is 5.32 Å². The van der Waals surface area contributed by atoms with Crippen LogP contribution in [0.2, 0.25) is 0 Å². The van der Waals surface area contributed by atoms with Gasteiger partial charge in [0, 0.05) is 26.3 Å². The number of ether oxygens (including phenoxy) is 1. The van der Waals surface area contributed by atoms with Gasteiger partial charge in [-0.1, -0.05) is 5.16 Å². The maximum Gasteiger partial charge on any atom is 0.318 e. The molecule has 2 amide bonds. The molecule has 0 atom stereocenters. The maximum atomic E-state index is 12.3. The lowest BCUT2D eigenvalue weighted by atomic mass is 10.3. The Kier molecular flexibility index (Phi) is 5.77. The summed E-state index contributed by atoms with van der Waals surface area (Å²) in [4.78, 5) is 14.0. The number of methoxy groups -OCH3 is 1. The van der Waals surface area contributed by atoms with Crippen LogP contribution in [0.4, 0.5) is 4.79 Å². The molecule has 2 aromatic heterocycles. The number of amides is 2. The van der Waals surface area contributed by atoms with Crippen LogP contribution in [-0.4, -0.2) is 36.3 Å². The summed E-state index contributed by atoms with van der Waals surface area (Å²) < 4.78 is 10.0. The highest BCUT2D eigenvalue weighted by Gasteiger charge is 2.14. The molecule has 0 aliphatic rings. The summed E-state index contributed by atoms with van der Waals surface area (Å²) in [5.74, 6) is 0.730. The molecule has 0 fully saturated rings. The highest BCUT2D eigenvalue weighted by atomic mass is 32.1. The first-order valence-electron chi connectivity index (χ1n) is 6.64. The van der Waals surface area contributed by atoms with Gasteiger partial charge in [-0.05, 0) is 29.3 Å². The number of hydrogen-bond acceptors (Lipinski definition) is 5. The van der Waals surface area contributed by atoms with Crippen LogP contribution >= 0.6 is 11.3 Å². The third kappa shape index (κ3) is 4.87. The van der Waals surface area contributed by atoms with Crippen molar-refractivity contribution in [2.45, 2.75) is 20.0 Å². The van der Waals surface area contributed by atoms with E-state index in [0.717, 1.165) is 11.3 Å². The zero-order valence-corrected chi connectivity index (χ0v) is 13.0. The van der Waals surface area contributed by atoms with Crippen molar-refractivity contribution in [1.29, 1.82) is 0 Å². The number of rotatable bonds is 7. The summed E-state index contributed by atoms with van der Waals surface area (Å²) in [7, 11) is 1.62. The number of urea groups is 1. The van der Waals surface area contributed by atoms with E-state index in [1.807, 2.05) is 23.8 Å². The largest absolute Gasteiger partial charge is 0.383 e. The van der Waals surface area contributed by atoms with E-state index in [4.69, 9.17) is 9.26 Å². The van der Waals surface area contributed by atoms with Crippen LogP contribution in [0.25, 0.3) is 0 Å². The van der Waals surface area contributed by atoms with Crippen LogP contribution in [0.1, 0.15) is 17.0 Å². The Morgan fingerprint density at radius 1 is 1.57 bits per heavy atom. The summed E-state index contributed by atoms with van der Waals surface area (Å²) in [6.07, 6.45) is 0. The monoisotopic (exact) mass is 309 g/mol. The summed E-state index contributed by atoms with van der Waals surface area (Å²) in [6, 6.07) is 3.68. The fraction of sp³-hybridized carbons (Fsp3) is 0.429. The Labute approximate surface area is 127 Å². The van der Waals surface area contributed by atoms with Crippen LogP contribution in [0.15, 0.2) is 27.4 Å². The fourth-order valence-corrected chi connectivity index (χ4v) is 2.50. The zero-order valence-electron chi connectivity index (χ0n) is 12.2. The third-order valence-corrected chi connectivity index (χ3v) is 3.64. The van der Waals surface area contributed by atoms with Crippen molar-refractivity contribution in [3.63, 3.8) is 0 Å². The minimum absolute atomic E-state index is 0.140. The number of hydrogen-bond donors (Lipinski definition) is 1. The van der Waals surface area contributed by atoms with Crippen molar-refractivity contribution in [1.82, 2.24) is 15.4 Å². The van der Waals surface area contributed by atoms with E-state index in [9.17, 15) is 4.79 Å². The topological polar surface area (TPSA) is 67.6 Å². The normalized spacial score (nSPS) is 10.6. The average Bonchev–Trinajstić information content (AvgIpc) is 3.12. The number of aromatic nitrogens is 1. The second kappa shape index (κ2) is 7.80. The number of carbonyl (C=O) groups excluding carboxylic acids is 1. The molecule has 0 aliphatic heterocycles. The molecule has 2 heterocycles. The lowest BCUT2D eigenvalue weighted by Gasteiger charge is -2.22. The van der Waals surface area contributed by atoms with Crippen LogP contribution in [0, 0.1) is 6.92 Å². The van der Waals surface area contributed by atoms with Gasteiger partial charge in [-0.3, -0.25) is 0 Å². The van der Waals surface area contributed by atoms with Crippen molar-refractivity contribution in [3.05, 3.63) is 39.9 Å². The van der Waals surface area contributed by atoms with Crippen LogP contribution in [-0.2, 0) is 17.8 Å². The standard InChI is InChI=1S/C14H19N3O3S/c1-11-7-13(16-20-11)8-15-14(18)17(4-5-19-2)9-12-3-6-21-10-12/h3,6-7,10H,4-5,8-9H2,1-2H3,(H,15,18). The van der Waals surface area contributed by atoms with Gasteiger partial charge in [-0.2, -0.15) is 11.3 Å². The Hall–Kier alpha value is -1.86. The highest BCUT2D eigenvalue weighted by molar-refractivity contribution is 7.07. The van der Waals surface area contributed by atoms with E-state index in [-0.39, 0.29) is 6.03 Å². The Morgan fingerprint density at radius 3 is 3.05 bits per heavy atom. The van der Waals surface area contributed by atoms with Crippen molar-refractivity contribution < 1.29 is 14.1 Å². The molecule has 0 aliphatic carbocycles. The molecule has 114 valence electrons. The number of aryl methyl sites for hydroxylation is 1. The van der Waals surface area contributed by atoms with Crippen molar-refractivity contribution in [3.8, 4) is 0 Å². The van der Waals surface area contributed by atoms with Gasteiger partial charge in [0.1, 0.15) is 11.5 Å². The number of thiophene rings is 1. The van der Waals surface area contributed by atoms with E-state index in [0.29, 0.717) is 31.9 Å². The minimum atomic E-state index is -0.140.